The van der Waals surface area contributed by atoms with Gasteiger partial charge in [-0.1, -0.05) is 11.6 Å². The van der Waals surface area contributed by atoms with Gasteiger partial charge in [0.1, 0.15) is 17.3 Å². The number of ether oxygens (including phenoxy) is 1. The molecule has 1 aromatic heterocycles. The van der Waals surface area contributed by atoms with Crippen molar-refractivity contribution in [2.45, 2.75) is 26.4 Å². The Morgan fingerprint density at radius 3 is 2.74 bits per heavy atom. The van der Waals surface area contributed by atoms with Crippen LogP contribution in [0.1, 0.15) is 18.4 Å². The number of methoxy groups -OCH3 is 1. The minimum Gasteiger partial charge on any atom is -0.495 e. The summed E-state index contributed by atoms with van der Waals surface area (Å²) < 4.78 is 10.8. The predicted molar refractivity (Wildman–Crippen MR) is 91.0 cm³/mol. The maximum Gasteiger partial charge on any atom is 0.241 e. The van der Waals surface area contributed by atoms with E-state index in [1.165, 1.54) is 0 Å². The van der Waals surface area contributed by atoms with E-state index in [2.05, 4.69) is 5.32 Å². The van der Waals surface area contributed by atoms with Gasteiger partial charge in [-0.3, -0.25) is 9.69 Å². The summed E-state index contributed by atoms with van der Waals surface area (Å²) in [6.07, 6.45) is 0. The molecule has 1 heterocycles. The molecule has 0 aliphatic rings. The quantitative estimate of drug-likeness (QED) is 0.873. The molecule has 0 fully saturated rings. The minimum atomic E-state index is -0.343. The molecule has 0 radical (unpaired) electrons. The highest BCUT2D eigenvalue weighted by Gasteiger charge is 2.20. The number of rotatable bonds is 6. The second kappa shape index (κ2) is 7.53. The van der Waals surface area contributed by atoms with Crippen molar-refractivity contribution in [1.82, 2.24) is 4.90 Å². The number of likely N-dealkylation sites (N-methyl/N-ethyl adjacent to an activating group) is 1. The third-order valence-electron chi connectivity index (χ3n) is 3.66. The summed E-state index contributed by atoms with van der Waals surface area (Å²) in [4.78, 5) is 14.4. The molecule has 6 heteroatoms. The van der Waals surface area contributed by atoms with Gasteiger partial charge in [0, 0.05) is 5.02 Å². The Morgan fingerprint density at radius 2 is 2.13 bits per heavy atom. The zero-order chi connectivity index (χ0) is 17.0. The lowest BCUT2D eigenvalue weighted by Crippen LogP contribution is -2.39. The van der Waals surface area contributed by atoms with E-state index >= 15 is 0 Å². The van der Waals surface area contributed by atoms with Gasteiger partial charge in [0.2, 0.25) is 5.91 Å². The molecular weight excluding hydrogens is 316 g/mol. The SMILES string of the molecule is COc1ccc(Cl)cc1NC(=O)[C@@H](C)N(C)Cc1ccc(C)o1. The minimum absolute atomic E-state index is 0.142. The zero-order valence-electron chi connectivity index (χ0n) is 13.7. The van der Waals surface area contributed by atoms with Crippen LogP contribution in [-0.4, -0.2) is 31.0 Å². The summed E-state index contributed by atoms with van der Waals surface area (Å²) in [7, 11) is 3.42. The molecule has 0 saturated heterocycles. The molecule has 0 bridgehead atoms. The normalized spacial score (nSPS) is 12.3. The lowest BCUT2D eigenvalue weighted by Gasteiger charge is -2.23. The number of anilines is 1. The van der Waals surface area contributed by atoms with E-state index in [0.29, 0.717) is 23.0 Å². The van der Waals surface area contributed by atoms with Crippen LogP contribution in [0.4, 0.5) is 5.69 Å². The fourth-order valence-electron chi connectivity index (χ4n) is 2.17. The fourth-order valence-corrected chi connectivity index (χ4v) is 2.34. The van der Waals surface area contributed by atoms with E-state index < -0.39 is 0 Å². The van der Waals surface area contributed by atoms with Crippen molar-refractivity contribution in [3.63, 3.8) is 0 Å². The fraction of sp³-hybridized carbons (Fsp3) is 0.353. The van der Waals surface area contributed by atoms with Gasteiger partial charge in [-0.15, -0.1) is 0 Å². The first kappa shape index (κ1) is 17.4. The van der Waals surface area contributed by atoms with Crippen LogP contribution in [0, 0.1) is 6.92 Å². The Balaban J connectivity index is 2.03. The van der Waals surface area contributed by atoms with Crippen LogP contribution in [0.15, 0.2) is 34.7 Å². The first-order chi connectivity index (χ1) is 10.9. The van der Waals surface area contributed by atoms with Crippen molar-refractivity contribution in [2.24, 2.45) is 0 Å². The van der Waals surface area contributed by atoms with E-state index in [-0.39, 0.29) is 11.9 Å². The van der Waals surface area contributed by atoms with Crippen LogP contribution in [0.5, 0.6) is 5.75 Å². The molecular formula is C17H21ClN2O3. The highest BCUT2D eigenvalue weighted by molar-refractivity contribution is 6.31. The second-order valence-corrected chi connectivity index (χ2v) is 5.87. The number of hydrogen-bond acceptors (Lipinski definition) is 4. The number of benzene rings is 1. The number of nitrogens with zero attached hydrogens (tertiary/aromatic N) is 1. The lowest BCUT2D eigenvalue weighted by molar-refractivity contribution is -0.120. The van der Waals surface area contributed by atoms with E-state index in [1.54, 1.807) is 25.3 Å². The van der Waals surface area contributed by atoms with Gasteiger partial charge in [0.05, 0.1) is 25.4 Å². The standard InChI is InChI=1S/C17H21ClN2O3/c1-11-5-7-14(23-11)10-20(3)12(2)17(21)19-15-9-13(18)6-8-16(15)22-4/h5-9,12H,10H2,1-4H3,(H,19,21)/t12-/m1/s1. The van der Waals surface area contributed by atoms with Crippen molar-refractivity contribution < 1.29 is 13.9 Å². The number of hydrogen-bond donors (Lipinski definition) is 1. The largest absolute Gasteiger partial charge is 0.495 e. The summed E-state index contributed by atoms with van der Waals surface area (Å²) in [6.45, 7) is 4.28. The number of aryl methyl sites for hydroxylation is 1. The number of halogens is 1. The molecule has 0 aliphatic carbocycles. The Morgan fingerprint density at radius 1 is 1.39 bits per heavy atom. The molecule has 5 nitrogen and oxygen atoms in total. The van der Waals surface area contributed by atoms with Crippen molar-refractivity contribution in [1.29, 1.82) is 0 Å². The highest BCUT2D eigenvalue weighted by atomic mass is 35.5. The van der Waals surface area contributed by atoms with E-state index in [1.807, 2.05) is 37.9 Å². The first-order valence-corrected chi connectivity index (χ1v) is 7.68. The van der Waals surface area contributed by atoms with E-state index in [0.717, 1.165) is 11.5 Å². The Bertz CT molecular complexity index is 684. The van der Waals surface area contributed by atoms with Crippen LogP contribution in [0.25, 0.3) is 0 Å². The molecule has 1 atom stereocenters. The third kappa shape index (κ3) is 4.50. The molecule has 2 aromatic rings. The number of furan rings is 1. The zero-order valence-corrected chi connectivity index (χ0v) is 14.5. The lowest BCUT2D eigenvalue weighted by atomic mass is 10.2. The first-order valence-electron chi connectivity index (χ1n) is 7.30. The maximum absolute atomic E-state index is 12.4. The molecule has 1 aromatic carbocycles. The van der Waals surface area contributed by atoms with Crippen molar-refractivity contribution >= 4 is 23.2 Å². The molecule has 124 valence electrons. The monoisotopic (exact) mass is 336 g/mol. The van der Waals surface area contributed by atoms with E-state index in [4.69, 9.17) is 20.8 Å². The summed E-state index contributed by atoms with van der Waals surface area (Å²) in [6, 6.07) is 8.58. The predicted octanol–water partition coefficient (Wildman–Crippen LogP) is 3.71. The Labute approximate surface area is 141 Å². The number of nitrogens with one attached hydrogen (secondary N) is 1. The molecule has 1 amide bonds. The summed E-state index contributed by atoms with van der Waals surface area (Å²) >= 11 is 5.98. The summed E-state index contributed by atoms with van der Waals surface area (Å²) in [5.41, 5.74) is 0.555. The smallest absolute Gasteiger partial charge is 0.241 e. The second-order valence-electron chi connectivity index (χ2n) is 5.44. The van der Waals surface area contributed by atoms with Crippen LogP contribution >= 0.6 is 11.6 Å². The molecule has 0 spiro atoms. The van der Waals surface area contributed by atoms with Crippen LogP contribution in [-0.2, 0) is 11.3 Å². The number of carbonyl (C=O) groups excluding carboxylic acids is 1. The average Bonchev–Trinajstić information content (AvgIpc) is 2.91. The highest BCUT2D eigenvalue weighted by Crippen LogP contribution is 2.28. The van der Waals surface area contributed by atoms with Gasteiger partial charge in [-0.05, 0) is 51.2 Å². The van der Waals surface area contributed by atoms with Gasteiger partial charge >= 0.3 is 0 Å². The van der Waals surface area contributed by atoms with Gasteiger partial charge in [0.25, 0.3) is 0 Å². The molecule has 0 aliphatic heterocycles. The van der Waals surface area contributed by atoms with E-state index in [9.17, 15) is 4.79 Å². The molecule has 23 heavy (non-hydrogen) atoms. The molecule has 2 rings (SSSR count). The Kier molecular flexibility index (Phi) is 5.69. The van der Waals surface area contributed by atoms with Crippen LogP contribution < -0.4 is 10.1 Å². The summed E-state index contributed by atoms with van der Waals surface area (Å²) in [5, 5.41) is 3.39. The van der Waals surface area contributed by atoms with Crippen molar-refractivity contribution in [3.05, 3.63) is 46.9 Å². The average molecular weight is 337 g/mol. The van der Waals surface area contributed by atoms with Crippen molar-refractivity contribution in [3.8, 4) is 5.75 Å². The topological polar surface area (TPSA) is 54.7 Å². The van der Waals surface area contributed by atoms with Gasteiger partial charge in [0.15, 0.2) is 0 Å². The third-order valence-corrected chi connectivity index (χ3v) is 3.90. The van der Waals surface area contributed by atoms with Gasteiger partial charge < -0.3 is 14.5 Å². The molecule has 0 unspecified atom stereocenters. The molecule has 0 saturated carbocycles. The van der Waals surface area contributed by atoms with Crippen LogP contribution in [0.2, 0.25) is 5.02 Å². The molecule has 1 N–H and O–H groups in total. The number of amides is 1. The van der Waals surface area contributed by atoms with Gasteiger partial charge in [-0.2, -0.15) is 0 Å². The van der Waals surface area contributed by atoms with Gasteiger partial charge in [-0.25, -0.2) is 0 Å². The summed E-state index contributed by atoms with van der Waals surface area (Å²) in [5.74, 6) is 2.11. The Hall–Kier alpha value is -1.98. The van der Waals surface area contributed by atoms with Crippen LogP contribution in [0.3, 0.4) is 0 Å². The number of carbonyl (C=O) groups is 1. The maximum atomic E-state index is 12.4. The van der Waals surface area contributed by atoms with Crippen molar-refractivity contribution in [2.75, 3.05) is 19.5 Å².